The van der Waals surface area contributed by atoms with Crippen molar-refractivity contribution in [2.24, 2.45) is 5.41 Å². The molecule has 0 radical (unpaired) electrons. The molecule has 0 rings (SSSR count). The van der Waals surface area contributed by atoms with Gasteiger partial charge in [-0.2, -0.15) is 0 Å². The average Bonchev–Trinajstić information content (AvgIpc) is 2.76. The van der Waals surface area contributed by atoms with E-state index in [4.69, 9.17) is 4.74 Å². The second-order valence-corrected chi connectivity index (χ2v) is 10.4. The highest BCUT2D eigenvalue weighted by Gasteiger charge is 2.25. The normalized spacial score (nSPS) is 13.3. The van der Waals surface area contributed by atoms with E-state index in [-0.39, 0.29) is 11.4 Å². The van der Waals surface area contributed by atoms with Gasteiger partial charge in [-0.3, -0.25) is 4.79 Å². The van der Waals surface area contributed by atoms with E-state index in [1.54, 1.807) is 0 Å². The Bertz CT molecular complexity index is 379. The Labute approximate surface area is 196 Å². The Kier molecular flexibility index (Phi) is 22.3. The highest BCUT2D eigenvalue weighted by atomic mass is 16.5. The average molecular weight is 439 g/mol. The lowest BCUT2D eigenvalue weighted by Crippen LogP contribution is -2.25. The molecule has 31 heavy (non-hydrogen) atoms. The van der Waals surface area contributed by atoms with Crippen molar-refractivity contribution in [3.8, 4) is 0 Å². The van der Waals surface area contributed by atoms with Crippen LogP contribution in [0.5, 0.6) is 0 Å². The second-order valence-electron chi connectivity index (χ2n) is 10.4. The minimum Gasteiger partial charge on any atom is -0.465 e. The van der Waals surface area contributed by atoms with Gasteiger partial charge in [-0.25, -0.2) is 0 Å². The molecular formula is C29H58O2. The third-order valence-corrected chi connectivity index (χ3v) is 6.80. The molecule has 1 unspecified atom stereocenters. The number of ether oxygens (including phenoxy) is 1. The molecule has 0 amide bonds. The summed E-state index contributed by atoms with van der Waals surface area (Å²) >= 11 is 0. The van der Waals surface area contributed by atoms with Crippen LogP contribution >= 0.6 is 0 Å². The Morgan fingerprint density at radius 3 is 1.26 bits per heavy atom. The quantitative estimate of drug-likeness (QED) is 0.111. The van der Waals surface area contributed by atoms with Crippen molar-refractivity contribution >= 4 is 5.97 Å². The van der Waals surface area contributed by atoms with Crippen LogP contribution in [-0.4, -0.2) is 12.6 Å². The lowest BCUT2D eigenvalue weighted by molar-refractivity contribution is -0.147. The van der Waals surface area contributed by atoms with Crippen LogP contribution in [-0.2, 0) is 9.53 Å². The van der Waals surface area contributed by atoms with Crippen LogP contribution < -0.4 is 0 Å². The van der Waals surface area contributed by atoms with E-state index in [9.17, 15) is 4.79 Å². The first-order valence-corrected chi connectivity index (χ1v) is 14.2. The highest BCUT2D eigenvalue weighted by Crippen LogP contribution is 2.32. The van der Waals surface area contributed by atoms with Gasteiger partial charge in [0.05, 0.1) is 6.61 Å². The summed E-state index contributed by atoms with van der Waals surface area (Å²) in [5, 5.41) is 0. The molecule has 0 fully saturated rings. The van der Waals surface area contributed by atoms with Crippen LogP contribution in [0.3, 0.4) is 0 Å². The lowest BCUT2D eigenvalue weighted by atomic mass is 9.80. The van der Waals surface area contributed by atoms with Gasteiger partial charge in [0.15, 0.2) is 0 Å². The van der Waals surface area contributed by atoms with Crippen molar-refractivity contribution < 1.29 is 9.53 Å². The Morgan fingerprint density at radius 1 is 0.548 bits per heavy atom. The number of hydrogen-bond acceptors (Lipinski definition) is 2. The lowest BCUT2D eigenvalue weighted by Gasteiger charge is -2.29. The van der Waals surface area contributed by atoms with E-state index in [0.29, 0.717) is 13.0 Å². The van der Waals surface area contributed by atoms with E-state index >= 15 is 0 Å². The van der Waals surface area contributed by atoms with Crippen molar-refractivity contribution in [3.05, 3.63) is 0 Å². The molecule has 1 atom stereocenters. The summed E-state index contributed by atoms with van der Waals surface area (Å²) in [7, 11) is 0. The number of hydrogen-bond donors (Lipinski definition) is 0. The fourth-order valence-electron chi connectivity index (χ4n) is 4.53. The summed E-state index contributed by atoms with van der Waals surface area (Å²) in [6, 6.07) is 0. The van der Waals surface area contributed by atoms with Gasteiger partial charge in [-0.15, -0.1) is 0 Å². The zero-order chi connectivity index (χ0) is 23.0. The smallest absolute Gasteiger partial charge is 0.305 e. The number of carbonyl (C=O) groups is 1. The van der Waals surface area contributed by atoms with Crippen molar-refractivity contribution in [1.29, 1.82) is 0 Å². The first-order chi connectivity index (χ1) is 15.1. The summed E-state index contributed by atoms with van der Waals surface area (Å²) in [6.45, 7) is 9.60. The van der Waals surface area contributed by atoms with Gasteiger partial charge in [0, 0.05) is 11.8 Å². The fourth-order valence-corrected chi connectivity index (χ4v) is 4.53. The third kappa shape index (κ3) is 21.1. The first-order valence-electron chi connectivity index (χ1n) is 14.2. The van der Waals surface area contributed by atoms with Crippen LogP contribution in [0.2, 0.25) is 0 Å². The van der Waals surface area contributed by atoms with Crippen molar-refractivity contribution in [2.45, 2.75) is 169 Å². The van der Waals surface area contributed by atoms with Crippen LogP contribution in [0.4, 0.5) is 0 Å². The molecule has 2 nitrogen and oxygen atoms in total. The van der Waals surface area contributed by atoms with Gasteiger partial charge in [0.25, 0.3) is 0 Å². The minimum atomic E-state index is -0.00674. The molecule has 0 aromatic rings. The molecule has 0 bridgehead atoms. The maximum absolute atomic E-state index is 11.9. The summed E-state index contributed by atoms with van der Waals surface area (Å²) in [5.41, 5.74) is 0.172. The summed E-state index contributed by atoms with van der Waals surface area (Å²) in [5.74, 6) is -0.00674. The summed E-state index contributed by atoms with van der Waals surface area (Å²) in [6.07, 6.45) is 28.6. The molecule has 0 aromatic heterocycles. The molecule has 0 saturated heterocycles. The largest absolute Gasteiger partial charge is 0.465 e. The first kappa shape index (κ1) is 30.5. The standard InChI is InChI=1S/C29H58O2/c1-5-8-10-12-14-16-17-19-21-23-26-29(4,27-31-28(30)24-7-3)25-22-20-18-15-13-11-9-6-2/h5-27H2,1-4H3. The van der Waals surface area contributed by atoms with Crippen LogP contribution in [0.25, 0.3) is 0 Å². The maximum atomic E-state index is 11.9. The zero-order valence-electron chi connectivity index (χ0n) is 22.1. The van der Waals surface area contributed by atoms with E-state index in [2.05, 4.69) is 20.8 Å². The molecule has 2 heteroatoms. The van der Waals surface area contributed by atoms with Gasteiger partial charge >= 0.3 is 5.97 Å². The SMILES string of the molecule is CCCCCCCCCCCCC(C)(CCCCCCCCCC)COC(=O)CCC. The van der Waals surface area contributed by atoms with Gasteiger partial charge in [0.1, 0.15) is 0 Å². The second kappa shape index (κ2) is 22.7. The Hall–Kier alpha value is -0.530. The van der Waals surface area contributed by atoms with Gasteiger partial charge < -0.3 is 4.74 Å². The van der Waals surface area contributed by atoms with Gasteiger partial charge in [-0.05, 0) is 19.3 Å². The predicted molar refractivity (Wildman–Crippen MR) is 138 cm³/mol. The molecule has 0 aliphatic heterocycles. The zero-order valence-corrected chi connectivity index (χ0v) is 22.1. The topological polar surface area (TPSA) is 26.3 Å². The summed E-state index contributed by atoms with van der Waals surface area (Å²) < 4.78 is 5.67. The van der Waals surface area contributed by atoms with E-state index in [0.717, 1.165) is 6.42 Å². The van der Waals surface area contributed by atoms with Crippen LogP contribution in [0.1, 0.15) is 169 Å². The molecule has 0 aliphatic rings. The van der Waals surface area contributed by atoms with E-state index < -0.39 is 0 Å². The van der Waals surface area contributed by atoms with Crippen LogP contribution in [0.15, 0.2) is 0 Å². The van der Waals surface area contributed by atoms with Crippen molar-refractivity contribution in [1.82, 2.24) is 0 Å². The molecule has 0 N–H and O–H groups in total. The molecule has 0 heterocycles. The van der Waals surface area contributed by atoms with Gasteiger partial charge in [-0.1, -0.05) is 143 Å². The maximum Gasteiger partial charge on any atom is 0.305 e. The number of carbonyl (C=O) groups excluding carboxylic acids is 1. The fraction of sp³-hybridized carbons (Fsp3) is 0.966. The monoisotopic (exact) mass is 438 g/mol. The van der Waals surface area contributed by atoms with Crippen LogP contribution in [0, 0.1) is 5.41 Å². The molecule has 186 valence electrons. The van der Waals surface area contributed by atoms with Crippen molar-refractivity contribution in [2.75, 3.05) is 6.61 Å². The Morgan fingerprint density at radius 2 is 0.903 bits per heavy atom. The highest BCUT2D eigenvalue weighted by molar-refractivity contribution is 5.69. The molecule has 0 aliphatic carbocycles. The molecule has 0 aromatic carbocycles. The van der Waals surface area contributed by atoms with E-state index in [1.165, 1.54) is 128 Å². The minimum absolute atomic E-state index is 0.00674. The Balaban J connectivity index is 4.05. The summed E-state index contributed by atoms with van der Waals surface area (Å²) in [4.78, 5) is 11.9. The van der Waals surface area contributed by atoms with Crippen molar-refractivity contribution in [3.63, 3.8) is 0 Å². The number of rotatable bonds is 24. The third-order valence-electron chi connectivity index (χ3n) is 6.80. The number of esters is 1. The molecule has 0 spiro atoms. The predicted octanol–water partition coefficient (Wildman–Crippen LogP) is 10.2. The van der Waals surface area contributed by atoms with Gasteiger partial charge in [0.2, 0.25) is 0 Å². The number of unbranched alkanes of at least 4 members (excludes halogenated alkanes) is 16. The molecule has 0 saturated carbocycles. The molecular weight excluding hydrogens is 380 g/mol. The van der Waals surface area contributed by atoms with E-state index in [1.807, 2.05) is 6.92 Å².